The number of guanidine groups is 1. The maximum Gasteiger partial charge on any atom is 0.191 e. The van der Waals surface area contributed by atoms with Crippen molar-refractivity contribution in [2.45, 2.75) is 39.3 Å². The summed E-state index contributed by atoms with van der Waals surface area (Å²) >= 11 is 0. The fraction of sp³-hybridized carbons (Fsp3) is 0.588. The zero-order valence-corrected chi connectivity index (χ0v) is 14.9. The smallest absolute Gasteiger partial charge is 0.191 e. The van der Waals surface area contributed by atoms with Gasteiger partial charge in [-0.25, -0.2) is 0 Å². The van der Waals surface area contributed by atoms with Crippen molar-refractivity contribution in [3.63, 3.8) is 0 Å². The Morgan fingerprint density at radius 3 is 2.17 bits per heavy atom. The quantitative estimate of drug-likeness (QED) is 0.552. The molecule has 0 spiro atoms. The van der Waals surface area contributed by atoms with E-state index in [-0.39, 0.29) is 12.1 Å². The van der Waals surface area contributed by atoms with Crippen molar-refractivity contribution in [3.8, 4) is 11.5 Å². The summed E-state index contributed by atoms with van der Waals surface area (Å²) in [4.78, 5) is 4.45. The van der Waals surface area contributed by atoms with E-state index in [0.29, 0.717) is 23.0 Å². The molecule has 6 nitrogen and oxygen atoms in total. The van der Waals surface area contributed by atoms with Gasteiger partial charge in [0, 0.05) is 18.2 Å². The Morgan fingerprint density at radius 1 is 1.17 bits per heavy atom. The van der Waals surface area contributed by atoms with Gasteiger partial charge in [0.1, 0.15) is 11.5 Å². The fourth-order valence-corrected chi connectivity index (χ4v) is 1.97. The van der Waals surface area contributed by atoms with Crippen LogP contribution in [0.5, 0.6) is 11.5 Å². The van der Waals surface area contributed by atoms with Gasteiger partial charge in [0.25, 0.3) is 0 Å². The van der Waals surface area contributed by atoms with Crippen molar-refractivity contribution in [2.24, 2.45) is 4.99 Å². The minimum absolute atomic E-state index is 0.106. The lowest BCUT2D eigenvalue weighted by Crippen LogP contribution is -2.47. The number of benzene rings is 1. The summed E-state index contributed by atoms with van der Waals surface area (Å²) in [6.45, 7) is 9.17. The van der Waals surface area contributed by atoms with Crippen LogP contribution in [-0.2, 0) is 0 Å². The van der Waals surface area contributed by atoms with E-state index in [1.165, 1.54) is 0 Å². The number of aliphatic hydroxyl groups excluding tert-OH is 1. The van der Waals surface area contributed by atoms with Crippen molar-refractivity contribution in [3.05, 3.63) is 23.8 Å². The molecule has 0 saturated heterocycles. The standard InChI is InChI=1S/C17H29N3O3/c1-7-18-16(20-17(2,3)4)19-11-15(21)12-8-13(22-5)10-14(9-12)23-6/h8-10,15,21H,7,11H2,1-6H3,(H2,18,19,20). The van der Waals surface area contributed by atoms with Crippen LogP contribution in [0.1, 0.15) is 39.4 Å². The molecule has 0 fully saturated rings. The molecule has 0 aliphatic carbocycles. The highest BCUT2D eigenvalue weighted by molar-refractivity contribution is 5.80. The number of aliphatic imine (C=N–C) groups is 1. The van der Waals surface area contributed by atoms with Gasteiger partial charge in [-0.1, -0.05) is 0 Å². The highest BCUT2D eigenvalue weighted by atomic mass is 16.5. The molecule has 3 N–H and O–H groups in total. The SMILES string of the molecule is CCNC(=NCC(O)c1cc(OC)cc(OC)c1)NC(C)(C)C. The van der Waals surface area contributed by atoms with Crippen LogP contribution in [0.4, 0.5) is 0 Å². The van der Waals surface area contributed by atoms with Gasteiger partial charge in [0.2, 0.25) is 0 Å². The number of nitrogens with zero attached hydrogens (tertiary/aromatic N) is 1. The van der Waals surface area contributed by atoms with Crippen molar-refractivity contribution < 1.29 is 14.6 Å². The third kappa shape index (κ3) is 6.78. The number of nitrogens with one attached hydrogen (secondary N) is 2. The van der Waals surface area contributed by atoms with Gasteiger partial charge in [-0.05, 0) is 45.4 Å². The van der Waals surface area contributed by atoms with Crippen molar-refractivity contribution >= 4 is 5.96 Å². The summed E-state index contributed by atoms with van der Waals surface area (Å²) in [5, 5.41) is 16.9. The lowest BCUT2D eigenvalue weighted by Gasteiger charge is -2.24. The van der Waals surface area contributed by atoms with Crippen LogP contribution in [0.25, 0.3) is 0 Å². The molecule has 1 aromatic carbocycles. The summed E-state index contributed by atoms with van der Waals surface area (Å²) in [7, 11) is 3.17. The molecule has 0 saturated carbocycles. The molecule has 1 atom stereocenters. The molecular weight excluding hydrogens is 294 g/mol. The molecule has 0 aromatic heterocycles. The minimum Gasteiger partial charge on any atom is -0.497 e. The molecule has 0 bridgehead atoms. The number of hydrogen-bond acceptors (Lipinski definition) is 4. The molecule has 1 rings (SSSR count). The molecule has 130 valence electrons. The van der Waals surface area contributed by atoms with Crippen LogP contribution in [0, 0.1) is 0 Å². The second-order valence-corrected chi connectivity index (χ2v) is 6.26. The topological polar surface area (TPSA) is 75.1 Å². The Balaban J connectivity index is 2.88. The lowest BCUT2D eigenvalue weighted by atomic mass is 10.1. The zero-order chi connectivity index (χ0) is 17.5. The maximum atomic E-state index is 10.4. The van der Waals surface area contributed by atoms with Crippen molar-refractivity contribution in [1.29, 1.82) is 0 Å². The molecule has 0 aliphatic heterocycles. The first-order chi connectivity index (χ1) is 10.8. The predicted molar refractivity (Wildman–Crippen MR) is 93.4 cm³/mol. The first-order valence-electron chi connectivity index (χ1n) is 7.76. The lowest BCUT2D eigenvalue weighted by molar-refractivity contribution is 0.186. The van der Waals surface area contributed by atoms with E-state index in [1.54, 1.807) is 32.4 Å². The third-order valence-electron chi connectivity index (χ3n) is 3.02. The summed E-state index contributed by atoms with van der Waals surface area (Å²) in [5.74, 6) is 1.96. The van der Waals surface area contributed by atoms with Gasteiger partial charge in [0.05, 0.1) is 26.9 Å². The highest BCUT2D eigenvalue weighted by Crippen LogP contribution is 2.26. The van der Waals surface area contributed by atoms with Crippen LogP contribution in [0.3, 0.4) is 0 Å². The van der Waals surface area contributed by atoms with E-state index in [4.69, 9.17) is 9.47 Å². The maximum absolute atomic E-state index is 10.4. The molecule has 0 amide bonds. The van der Waals surface area contributed by atoms with Crippen molar-refractivity contribution in [1.82, 2.24) is 10.6 Å². The van der Waals surface area contributed by atoms with Crippen LogP contribution >= 0.6 is 0 Å². The Hall–Kier alpha value is -1.95. The molecule has 6 heteroatoms. The summed E-state index contributed by atoms with van der Waals surface area (Å²) in [5.41, 5.74) is 0.599. The normalized spacial score (nSPS) is 13.4. The zero-order valence-electron chi connectivity index (χ0n) is 14.9. The van der Waals surface area contributed by atoms with Crippen LogP contribution in [0.2, 0.25) is 0 Å². The van der Waals surface area contributed by atoms with Gasteiger partial charge in [-0.3, -0.25) is 4.99 Å². The first kappa shape index (κ1) is 19.1. The summed E-state index contributed by atoms with van der Waals surface area (Å²) < 4.78 is 10.5. The van der Waals surface area contributed by atoms with E-state index >= 15 is 0 Å². The molecule has 23 heavy (non-hydrogen) atoms. The van der Waals surface area contributed by atoms with Crippen molar-refractivity contribution in [2.75, 3.05) is 27.3 Å². The largest absolute Gasteiger partial charge is 0.497 e. The van der Waals surface area contributed by atoms with Crippen LogP contribution in [-0.4, -0.2) is 43.9 Å². The second-order valence-electron chi connectivity index (χ2n) is 6.26. The van der Waals surface area contributed by atoms with E-state index in [2.05, 4.69) is 36.4 Å². The summed E-state index contributed by atoms with van der Waals surface area (Å²) in [6, 6.07) is 5.34. The third-order valence-corrected chi connectivity index (χ3v) is 3.02. The van der Waals surface area contributed by atoms with Crippen LogP contribution in [0.15, 0.2) is 23.2 Å². The average molecular weight is 323 g/mol. The average Bonchev–Trinajstić information content (AvgIpc) is 2.50. The van der Waals surface area contributed by atoms with E-state index in [1.807, 2.05) is 6.92 Å². The monoisotopic (exact) mass is 323 g/mol. The minimum atomic E-state index is -0.741. The molecule has 1 unspecified atom stereocenters. The first-order valence-corrected chi connectivity index (χ1v) is 7.76. The molecular formula is C17H29N3O3. The number of methoxy groups -OCH3 is 2. The molecule has 1 aromatic rings. The van der Waals surface area contributed by atoms with Crippen LogP contribution < -0.4 is 20.1 Å². The van der Waals surface area contributed by atoms with Gasteiger partial charge in [-0.2, -0.15) is 0 Å². The van der Waals surface area contributed by atoms with Gasteiger partial charge in [0.15, 0.2) is 5.96 Å². The Labute approximate surface area is 138 Å². The molecule has 0 aliphatic rings. The van der Waals surface area contributed by atoms with E-state index < -0.39 is 6.10 Å². The highest BCUT2D eigenvalue weighted by Gasteiger charge is 2.14. The number of rotatable bonds is 6. The Morgan fingerprint density at radius 2 is 1.74 bits per heavy atom. The van der Waals surface area contributed by atoms with E-state index in [9.17, 15) is 5.11 Å². The molecule has 0 radical (unpaired) electrons. The Kier molecular flexibility index (Phi) is 7.16. The number of hydrogen-bond donors (Lipinski definition) is 3. The Bertz CT molecular complexity index is 502. The number of aliphatic hydroxyl groups is 1. The second kappa shape index (κ2) is 8.62. The van der Waals surface area contributed by atoms with E-state index in [0.717, 1.165) is 6.54 Å². The van der Waals surface area contributed by atoms with Gasteiger partial charge < -0.3 is 25.2 Å². The van der Waals surface area contributed by atoms with Gasteiger partial charge >= 0.3 is 0 Å². The fourth-order valence-electron chi connectivity index (χ4n) is 1.97. The predicted octanol–water partition coefficient (Wildman–Crippen LogP) is 2.09. The number of ether oxygens (including phenoxy) is 2. The van der Waals surface area contributed by atoms with Gasteiger partial charge in [-0.15, -0.1) is 0 Å². The summed E-state index contributed by atoms with van der Waals surface area (Å²) in [6.07, 6.45) is -0.741. The molecule has 0 heterocycles.